The maximum absolute atomic E-state index is 13.0. The van der Waals surface area contributed by atoms with Gasteiger partial charge in [-0.3, -0.25) is 0 Å². The summed E-state index contributed by atoms with van der Waals surface area (Å²) in [4.78, 5) is 4.37. The molecule has 0 saturated heterocycles. The molecule has 0 N–H and O–H groups in total. The Kier molecular flexibility index (Phi) is 2.61. The summed E-state index contributed by atoms with van der Waals surface area (Å²) in [5, 5.41) is 0. The molecular weight excluding hydrogens is 259 g/mol. The van der Waals surface area contributed by atoms with Crippen molar-refractivity contribution in [1.82, 2.24) is 9.55 Å². The summed E-state index contributed by atoms with van der Waals surface area (Å²) in [6.45, 7) is 1.91. The zero-order valence-electron chi connectivity index (χ0n) is 8.46. The number of halogens is 2. The fourth-order valence-electron chi connectivity index (χ4n) is 1.40. The van der Waals surface area contributed by atoms with E-state index in [1.165, 1.54) is 12.1 Å². The molecule has 1 heterocycles. The van der Waals surface area contributed by atoms with Crippen LogP contribution in [-0.2, 0) is 7.05 Å². The summed E-state index contributed by atoms with van der Waals surface area (Å²) >= 11 is 3.44. The second kappa shape index (κ2) is 3.77. The molecule has 0 aliphatic rings. The second-order valence-corrected chi connectivity index (χ2v) is 4.12. The molecule has 0 bridgehead atoms. The van der Waals surface area contributed by atoms with Crippen molar-refractivity contribution in [2.75, 3.05) is 0 Å². The van der Waals surface area contributed by atoms with Gasteiger partial charge < -0.3 is 4.57 Å². The number of hydrogen-bond acceptors (Lipinski definition) is 1. The van der Waals surface area contributed by atoms with Crippen molar-refractivity contribution in [3.63, 3.8) is 0 Å². The Bertz CT molecular complexity index is 505. The lowest BCUT2D eigenvalue weighted by molar-refractivity contribution is 0.628. The highest BCUT2D eigenvalue weighted by atomic mass is 79.9. The molecule has 0 aliphatic heterocycles. The third-order valence-electron chi connectivity index (χ3n) is 2.35. The lowest BCUT2D eigenvalue weighted by Gasteiger charge is -1.98. The van der Waals surface area contributed by atoms with E-state index in [9.17, 15) is 4.39 Å². The standard InChI is InChI=1S/C11H10BrFN2/c1-7-14-10(11(12)15(7)2)8-4-3-5-9(13)6-8/h3-6H,1-2H3. The molecule has 4 heteroatoms. The van der Waals surface area contributed by atoms with E-state index in [0.29, 0.717) is 0 Å². The summed E-state index contributed by atoms with van der Waals surface area (Å²) in [7, 11) is 1.91. The van der Waals surface area contributed by atoms with Gasteiger partial charge in [-0.2, -0.15) is 0 Å². The van der Waals surface area contributed by atoms with Crippen molar-refractivity contribution in [3.8, 4) is 11.3 Å². The van der Waals surface area contributed by atoms with Crippen LogP contribution in [0.5, 0.6) is 0 Å². The van der Waals surface area contributed by atoms with Gasteiger partial charge in [0.2, 0.25) is 0 Å². The number of imidazole rings is 1. The van der Waals surface area contributed by atoms with Crippen molar-refractivity contribution >= 4 is 15.9 Å². The van der Waals surface area contributed by atoms with E-state index in [0.717, 1.165) is 21.7 Å². The molecule has 2 rings (SSSR count). The maximum atomic E-state index is 13.0. The van der Waals surface area contributed by atoms with E-state index in [-0.39, 0.29) is 5.82 Å². The van der Waals surface area contributed by atoms with Gasteiger partial charge in [-0.25, -0.2) is 9.37 Å². The summed E-state index contributed by atoms with van der Waals surface area (Å²) in [6.07, 6.45) is 0. The first-order chi connectivity index (χ1) is 7.09. The van der Waals surface area contributed by atoms with Crippen LogP contribution in [0.25, 0.3) is 11.3 Å². The van der Waals surface area contributed by atoms with E-state index in [1.807, 2.05) is 24.6 Å². The number of aromatic nitrogens is 2. The topological polar surface area (TPSA) is 17.8 Å². The van der Waals surface area contributed by atoms with Crippen molar-refractivity contribution in [2.45, 2.75) is 6.92 Å². The van der Waals surface area contributed by atoms with E-state index < -0.39 is 0 Å². The molecule has 0 saturated carbocycles. The van der Waals surface area contributed by atoms with Crippen LogP contribution < -0.4 is 0 Å². The number of rotatable bonds is 1. The van der Waals surface area contributed by atoms with Gasteiger partial charge in [0.15, 0.2) is 0 Å². The minimum absolute atomic E-state index is 0.247. The van der Waals surface area contributed by atoms with Crippen LogP contribution in [0.2, 0.25) is 0 Å². The molecule has 2 aromatic rings. The minimum atomic E-state index is -0.247. The largest absolute Gasteiger partial charge is 0.326 e. The van der Waals surface area contributed by atoms with Crippen molar-refractivity contribution in [1.29, 1.82) is 0 Å². The number of benzene rings is 1. The fraction of sp³-hybridized carbons (Fsp3) is 0.182. The molecule has 1 aromatic heterocycles. The zero-order chi connectivity index (χ0) is 11.0. The fourth-order valence-corrected chi connectivity index (χ4v) is 1.98. The molecular formula is C11H10BrFN2. The maximum Gasteiger partial charge on any atom is 0.123 e. The Morgan fingerprint density at radius 3 is 2.67 bits per heavy atom. The number of nitrogens with zero attached hydrogens (tertiary/aromatic N) is 2. The van der Waals surface area contributed by atoms with E-state index >= 15 is 0 Å². The van der Waals surface area contributed by atoms with Crippen molar-refractivity contribution < 1.29 is 4.39 Å². The molecule has 0 atom stereocenters. The van der Waals surface area contributed by atoms with Gasteiger partial charge in [0, 0.05) is 12.6 Å². The molecule has 0 unspecified atom stereocenters. The van der Waals surface area contributed by atoms with Gasteiger partial charge in [-0.05, 0) is 35.0 Å². The SMILES string of the molecule is Cc1nc(-c2cccc(F)c2)c(Br)n1C. The average Bonchev–Trinajstić information content (AvgIpc) is 2.46. The predicted octanol–water partition coefficient (Wildman–Crippen LogP) is 3.30. The van der Waals surface area contributed by atoms with Crippen LogP contribution in [0, 0.1) is 12.7 Å². The first-order valence-corrected chi connectivity index (χ1v) is 5.33. The minimum Gasteiger partial charge on any atom is -0.326 e. The van der Waals surface area contributed by atoms with E-state index in [2.05, 4.69) is 20.9 Å². The first kappa shape index (κ1) is 10.4. The predicted molar refractivity (Wildman–Crippen MR) is 61.0 cm³/mol. The van der Waals surface area contributed by atoms with Gasteiger partial charge in [0.25, 0.3) is 0 Å². The van der Waals surface area contributed by atoms with E-state index in [1.54, 1.807) is 6.07 Å². The average molecular weight is 269 g/mol. The summed E-state index contributed by atoms with van der Waals surface area (Å²) < 4.78 is 15.8. The van der Waals surface area contributed by atoms with E-state index in [4.69, 9.17) is 0 Å². The lowest BCUT2D eigenvalue weighted by atomic mass is 10.2. The molecule has 0 fully saturated rings. The third kappa shape index (κ3) is 1.81. The lowest BCUT2D eigenvalue weighted by Crippen LogP contribution is -1.90. The monoisotopic (exact) mass is 268 g/mol. The van der Waals surface area contributed by atoms with Gasteiger partial charge >= 0.3 is 0 Å². The highest BCUT2D eigenvalue weighted by molar-refractivity contribution is 9.10. The Morgan fingerprint density at radius 1 is 1.40 bits per heavy atom. The van der Waals surface area contributed by atoms with Crippen molar-refractivity contribution in [3.05, 3.63) is 40.5 Å². The number of aryl methyl sites for hydroxylation is 1. The van der Waals surface area contributed by atoms with Crippen LogP contribution in [-0.4, -0.2) is 9.55 Å². The van der Waals surface area contributed by atoms with Gasteiger partial charge in [0.05, 0.1) is 0 Å². The zero-order valence-corrected chi connectivity index (χ0v) is 10.0. The van der Waals surface area contributed by atoms with Gasteiger partial charge in [-0.1, -0.05) is 12.1 Å². The van der Waals surface area contributed by atoms with Crippen LogP contribution >= 0.6 is 15.9 Å². The molecule has 15 heavy (non-hydrogen) atoms. The second-order valence-electron chi connectivity index (χ2n) is 3.37. The normalized spacial score (nSPS) is 10.7. The van der Waals surface area contributed by atoms with Crippen LogP contribution in [0.1, 0.15) is 5.82 Å². The summed E-state index contributed by atoms with van der Waals surface area (Å²) in [5.74, 6) is 0.642. The highest BCUT2D eigenvalue weighted by Crippen LogP contribution is 2.27. The smallest absolute Gasteiger partial charge is 0.123 e. The quantitative estimate of drug-likeness (QED) is 0.776. The molecule has 0 aliphatic carbocycles. The third-order valence-corrected chi connectivity index (χ3v) is 3.25. The Balaban J connectivity index is 2.59. The van der Waals surface area contributed by atoms with Gasteiger partial charge in [0.1, 0.15) is 21.9 Å². The molecule has 2 nitrogen and oxygen atoms in total. The molecule has 78 valence electrons. The highest BCUT2D eigenvalue weighted by Gasteiger charge is 2.11. The van der Waals surface area contributed by atoms with Crippen LogP contribution in [0.4, 0.5) is 4.39 Å². The Hall–Kier alpha value is -1.16. The molecule has 0 amide bonds. The summed E-state index contributed by atoms with van der Waals surface area (Å²) in [5.41, 5.74) is 1.56. The van der Waals surface area contributed by atoms with Crippen LogP contribution in [0.15, 0.2) is 28.9 Å². The van der Waals surface area contributed by atoms with Crippen LogP contribution in [0.3, 0.4) is 0 Å². The number of hydrogen-bond donors (Lipinski definition) is 0. The molecule has 0 radical (unpaired) electrons. The molecule has 1 aromatic carbocycles. The molecule has 0 spiro atoms. The van der Waals surface area contributed by atoms with Crippen molar-refractivity contribution in [2.24, 2.45) is 7.05 Å². The Morgan fingerprint density at radius 2 is 2.13 bits per heavy atom. The summed E-state index contributed by atoms with van der Waals surface area (Å²) in [6, 6.07) is 6.43. The first-order valence-electron chi connectivity index (χ1n) is 4.54. The Labute approximate surface area is 95.9 Å². The van der Waals surface area contributed by atoms with Gasteiger partial charge in [-0.15, -0.1) is 0 Å².